The van der Waals surface area contributed by atoms with E-state index in [0.717, 1.165) is 0 Å². The average molecular weight is 330 g/mol. The SMILES string of the molecule is CC(C)(C)OC(=O)N1N=C(c2ccccc2)C[C@@]1(O)C(F)(F)F. The lowest BCUT2D eigenvalue weighted by Crippen LogP contribution is -2.57. The summed E-state index contributed by atoms with van der Waals surface area (Å²) in [5.74, 6) is 0. The normalized spacial score (nSPS) is 22.0. The Kier molecular flexibility index (Phi) is 4.14. The second-order valence-corrected chi connectivity index (χ2v) is 6.20. The van der Waals surface area contributed by atoms with Crippen LogP contribution in [-0.4, -0.2) is 39.4 Å². The third-order valence-electron chi connectivity index (χ3n) is 3.11. The molecule has 0 aromatic heterocycles. The van der Waals surface area contributed by atoms with Crippen molar-refractivity contribution in [3.8, 4) is 0 Å². The van der Waals surface area contributed by atoms with E-state index in [0.29, 0.717) is 5.56 Å². The highest BCUT2D eigenvalue weighted by Gasteiger charge is 2.64. The van der Waals surface area contributed by atoms with Gasteiger partial charge in [-0.25, -0.2) is 4.79 Å². The van der Waals surface area contributed by atoms with E-state index in [9.17, 15) is 23.1 Å². The summed E-state index contributed by atoms with van der Waals surface area (Å²) in [6, 6.07) is 8.05. The molecule has 1 atom stereocenters. The summed E-state index contributed by atoms with van der Waals surface area (Å²) >= 11 is 0. The number of hydrogen-bond donors (Lipinski definition) is 1. The number of carbonyl (C=O) groups is 1. The highest BCUT2D eigenvalue weighted by atomic mass is 19.4. The minimum atomic E-state index is -5.08. The number of nitrogens with zero attached hydrogens (tertiary/aromatic N) is 2. The summed E-state index contributed by atoms with van der Waals surface area (Å²) in [6.45, 7) is 4.53. The fourth-order valence-electron chi connectivity index (χ4n) is 2.05. The molecule has 1 heterocycles. The van der Waals surface area contributed by atoms with E-state index >= 15 is 0 Å². The molecule has 0 spiro atoms. The number of halogens is 3. The Hall–Kier alpha value is -2.09. The van der Waals surface area contributed by atoms with Gasteiger partial charge in [0, 0.05) is 0 Å². The molecule has 0 saturated heterocycles. The van der Waals surface area contributed by atoms with Crippen molar-refractivity contribution in [1.29, 1.82) is 0 Å². The zero-order chi connectivity index (χ0) is 17.5. The minimum Gasteiger partial charge on any atom is -0.442 e. The van der Waals surface area contributed by atoms with Crippen molar-refractivity contribution in [2.75, 3.05) is 0 Å². The number of aliphatic hydroxyl groups is 1. The van der Waals surface area contributed by atoms with Crippen LogP contribution in [0.1, 0.15) is 32.8 Å². The molecular formula is C15H17F3N2O3. The molecule has 1 aliphatic rings. The summed E-state index contributed by atoms with van der Waals surface area (Å²) in [6.07, 6.45) is -7.30. The Bertz CT molecular complexity index is 623. The average Bonchev–Trinajstić information content (AvgIpc) is 2.77. The molecule has 5 nitrogen and oxygen atoms in total. The summed E-state index contributed by atoms with van der Waals surface area (Å²) in [7, 11) is 0. The summed E-state index contributed by atoms with van der Waals surface area (Å²) in [4.78, 5) is 12.0. The molecule has 8 heteroatoms. The van der Waals surface area contributed by atoms with E-state index in [2.05, 4.69) is 5.10 Å². The predicted octanol–water partition coefficient (Wildman–Crippen LogP) is 3.28. The highest BCUT2D eigenvalue weighted by molar-refractivity contribution is 6.03. The molecule has 0 fully saturated rings. The molecule has 0 radical (unpaired) electrons. The van der Waals surface area contributed by atoms with Gasteiger partial charge >= 0.3 is 12.3 Å². The molecule has 1 aromatic carbocycles. The van der Waals surface area contributed by atoms with Gasteiger partial charge in [0.05, 0.1) is 12.1 Å². The summed E-state index contributed by atoms with van der Waals surface area (Å²) < 4.78 is 44.8. The monoisotopic (exact) mass is 330 g/mol. The molecule has 23 heavy (non-hydrogen) atoms. The van der Waals surface area contributed by atoms with Crippen molar-refractivity contribution in [2.45, 2.75) is 44.7 Å². The minimum absolute atomic E-state index is 0.0272. The molecule has 1 amide bonds. The van der Waals surface area contributed by atoms with E-state index in [1.54, 1.807) is 30.3 Å². The van der Waals surface area contributed by atoms with E-state index in [1.807, 2.05) is 0 Å². The number of ether oxygens (including phenoxy) is 1. The first kappa shape index (κ1) is 17.3. The van der Waals surface area contributed by atoms with Crippen LogP contribution < -0.4 is 0 Å². The lowest BCUT2D eigenvalue weighted by Gasteiger charge is -2.33. The summed E-state index contributed by atoms with van der Waals surface area (Å²) in [5, 5.41) is 13.7. The van der Waals surface area contributed by atoms with Gasteiger partial charge in [0.15, 0.2) is 0 Å². The lowest BCUT2D eigenvalue weighted by molar-refractivity contribution is -0.300. The fourth-order valence-corrected chi connectivity index (χ4v) is 2.05. The van der Waals surface area contributed by atoms with E-state index in [4.69, 9.17) is 4.74 Å². The van der Waals surface area contributed by atoms with Crippen molar-refractivity contribution < 1.29 is 27.8 Å². The summed E-state index contributed by atoms with van der Waals surface area (Å²) in [5.41, 5.74) is -4.10. The second-order valence-electron chi connectivity index (χ2n) is 6.20. The van der Waals surface area contributed by atoms with Gasteiger partial charge in [0.25, 0.3) is 5.72 Å². The van der Waals surface area contributed by atoms with Crippen LogP contribution in [0.3, 0.4) is 0 Å². The smallest absolute Gasteiger partial charge is 0.439 e. The molecule has 0 saturated carbocycles. The van der Waals surface area contributed by atoms with Gasteiger partial charge in [-0.05, 0) is 26.3 Å². The number of benzene rings is 1. The van der Waals surface area contributed by atoms with Crippen molar-refractivity contribution in [2.24, 2.45) is 5.10 Å². The van der Waals surface area contributed by atoms with Crippen LogP contribution in [-0.2, 0) is 4.74 Å². The zero-order valence-corrected chi connectivity index (χ0v) is 12.9. The largest absolute Gasteiger partial charge is 0.442 e. The maximum Gasteiger partial charge on any atom is 0.439 e. The molecule has 1 aliphatic heterocycles. The Morgan fingerprint density at radius 2 is 1.83 bits per heavy atom. The Morgan fingerprint density at radius 3 is 2.30 bits per heavy atom. The number of alkyl halides is 3. The van der Waals surface area contributed by atoms with E-state index in [-0.39, 0.29) is 10.7 Å². The van der Waals surface area contributed by atoms with Gasteiger partial charge in [0.2, 0.25) is 0 Å². The topological polar surface area (TPSA) is 62.1 Å². The number of rotatable bonds is 1. The van der Waals surface area contributed by atoms with Gasteiger partial charge in [-0.15, -0.1) is 0 Å². The predicted molar refractivity (Wildman–Crippen MR) is 76.7 cm³/mol. The number of amides is 1. The van der Waals surface area contributed by atoms with Gasteiger partial charge in [-0.3, -0.25) is 0 Å². The van der Waals surface area contributed by atoms with Crippen LogP contribution in [0.25, 0.3) is 0 Å². The van der Waals surface area contributed by atoms with Crippen molar-refractivity contribution in [3.05, 3.63) is 35.9 Å². The van der Waals surface area contributed by atoms with Gasteiger partial charge in [-0.1, -0.05) is 30.3 Å². The Morgan fingerprint density at radius 1 is 1.26 bits per heavy atom. The quantitative estimate of drug-likeness (QED) is 0.859. The lowest BCUT2D eigenvalue weighted by atomic mass is 10.0. The van der Waals surface area contributed by atoms with Crippen LogP contribution in [0.15, 0.2) is 35.4 Å². The number of hydrogen-bond acceptors (Lipinski definition) is 4. The third-order valence-corrected chi connectivity index (χ3v) is 3.11. The maximum absolute atomic E-state index is 13.3. The van der Waals surface area contributed by atoms with Crippen molar-refractivity contribution in [1.82, 2.24) is 5.01 Å². The number of hydrazone groups is 1. The first-order valence-electron chi connectivity index (χ1n) is 6.89. The van der Waals surface area contributed by atoms with Crippen LogP contribution in [0.4, 0.5) is 18.0 Å². The molecule has 0 bridgehead atoms. The van der Waals surface area contributed by atoms with E-state index in [1.165, 1.54) is 20.8 Å². The third kappa shape index (κ3) is 3.47. The van der Waals surface area contributed by atoms with E-state index < -0.39 is 30.0 Å². The van der Waals surface area contributed by atoms with Crippen molar-refractivity contribution in [3.63, 3.8) is 0 Å². The van der Waals surface area contributed by atoms with Crippen LogP contribution in [0.2, 0.25) is 0 Å². The van der Waals surface area contributed by atoms with Crippen LogP contribution >= 0.6 is 0 Å². The zero-order valence-electron chi connectivity index (χ0n) is 12.9. The fraction of sp³-hybridized carbons (Fsp3) is 0.467. The molecule has 0 unspecified atom stereocenters. The standard InChI is InChI=1S/C15H17F3N2O3/c1-13(2,3)23-12(21)20-14(22,15(16,17)18)9-11(19-20)10-7-5-4-6-8-10/h4-8,22H,9H2,1-3H3/t14-/m1/s1. The number of carbonyl (C=O) groups excluding carboxylic acids is 1. The van der Waals surface area contributed by atoms with Gasteiger partial charge < -0.3 is 9.84 Å². The van der Waals surface area contributed by atoms with Crippen LogP contribution in [0, 0.1) is 0 Å². The Balaban J connectivity index is 2.41. The molecule has 2 rings (SSSR count). The maximum atomic E-state index is 13.3. The van der Waals surface area contributed by atoms with Gasteiger partial charge in [-0.2, -0.15) is 23.3 Å². The first-order valence-corrected chi connectivity index (χ1v) is 6.89. The molecule has 0 aliphatic carbocycles. The Labute approximate surface area is 131 Å². The molecule has 1 N–H and O–H groups in total. The van der Waals surface area contributed by atoms with Crippen molar-refractivity contribution >= 4 is 11.8 Å². The first-order chi connectivity index (χ1) is 10.4. The molecular weight excluding hydrogens is 313 g/mol. The molecule has 1 aromatic rings. The van der Waals surface area contributed by atoms with Crippen LogP contribution in [0.5, 0.6) is 0 Å². The highest BCUT2D eigenvalue weighted by Crippen LogP contribution is 2.41. The van der Waals surface area contributed by atoms with Gasteiger partial charge in [0.1, 0.15) is 5.60 Å². The molecule has 126 valence electrons. The second kappa shape index (κ2) is 5.52.